The first kappa shape index (κ1) is 41.9. The summed E-state index contributed by atoms with van der Waals surface area (Å²) in [5, 5.41) is 17.0. The summed E-state index contributed by atoms with van der Waals surface area (Å²) in [5.74, 6) is 2.32. The molecule has 0 radical (unpaired) electrons. The van der Waals surface area contributed by atoms with Gasteiger partial charge in [0.25, 0.3) is 14.2 Å². The lowest BCUT2D eigenvalue weighted by molar-refractivity contribution is -0.191. The minimum atomic E-state index is -2.24. The van der Waals surface area contributed by atoms with Gasteiger partial charge in [-0.25, -0.2) is 9.59 Å². The first-order valence-electron chi connectivity index (χ1n) is 15.3. The van der Waals surface area contributed by atoms with E-state index in [1.54, 1.807) is 5.92 Å². The van der Waals surface area contributed by atoms with Crippen molar-refractivity contribution in [1.82, 2.24) is 10.6 Å². The monoisotopic (exact) mass is 661 g/mol. The van der Waals surface area contributed by atoms with E-state index in [2.05, 4.69) is 63.7 Å². The highest BCUT2D eigenvalue weighted by Crippen LogP contribution is 2.39. The van der Waals surface area contributed by atoms with Crippen molar-refractivity contribution in [2.75, 3.05) is 11.9 Å². The van der Waals surface area contributed by atoms with Crippen molar-refractivity contribution in [3.8, 4) is 17.6 Å². The summed E-state index contributed by atoms with van der Waals surface area (Å²) in [6.07, 6.45) is 2.51. The van der Waals surface area contributed by atoms with E-state index in [1.807, 2.05) is 44.9 Å². The molecule has 0 aromatic heterocycles. The van der Waals surface area contributed by atoms with Crippen molar-refractivity contribution in [3.05, 3.63) is 23.8 Å². The largest absolute Gasteiger partial charge is 0.542 e. The van der Waals surface area contributed by atoms with Gasteiger partial charge in [-0.1, -0.05) is 47.1 Å². The fourth-order valence-electron chi connectivity index (χ4n) is 3.74. The Labute approximate surface area is 273 Å². The van der Waals surface area contributed by atoms with Gasteiger partial charge in [0.15, 0.2) is 0 Å². The van der Waals surface area contributed by atoms with Gasteiger partial charge in [-0.2, -0.15) is 9.59 Å². The summed E-state index contributed by atoms with van der Waals surface area (Å²) < 4.78 is 12.1. The second-order valence-electron chi connectivity index (χ2n) is 13.5. The number of hydrogen-bond donors (Lipinski definition) is 4. The maximum absolute atomic E-state index is 12.9. The van der Waals surface area contributed by atoms with Gasteiger partial charge in [-0.15, -0.1) is 0 Å². The van der Waals surface area contributed by atoms with Crippen LogP contribution in [-0.2, 0) is 35.1 Å². The van der Waals surface area contributed by atoms with Crippen LogP contribution in [0.15, 0.2) is 18.2 Å². The van der Waals surface area contributed by atoms with Gasteiger partial charge in [0.2, 0.25) is 5.91 Å². The maximum Gasteiger partial charge on any atom is 0.407 e. The number of hydrogen-bond acceptors (Lipinski definition) is 8. The second kappa shape index (κ2) is 19.4. The molecule has 0 aliphatic carbocycles. The number of carboxylic acid groups (broad SMARTS) is 1. The average molecular weight is 662 g/mol. The quantitative estimate of drug-likeness (QED) is 0.124. The predicted octanol–water partition coefficient (Wildman–Crippen LogP) is 5.28. The van der Waals surface area contributed by atoms with Gasteiger partial charge in [0.1, 0.15) is 11.4 Å². The fraction of sp³-hybridized carbons (Fsp3) is 0.606. The van der Waals surface area contributed by atoms with Crippen molar-refractivity contribution < 1.29 is 43.0 Å². The molecule has 0 aliphatic heterocycles. The normalized spacial score (nSPS) is 12.4. The lowest BCUT2D eigenvalue weighted by Crippen LogP contribution is -2.44. The van der Waals surface area contributed by atoms with Gasteiger partial charge in [-0.05, 0) is 81.8 Å². The molecule has 46 heavy (non-hydrogen) atoms. The molecule has 3 amide bonds. The average Bonchev–Trinajstić information content (AvgIpc) is 2.89. The van der Waals surface area contributed by atoms with Crippen molar-refractivity contribution in [3.63, 3.8) is 0 Å². The lowest BCUT2D eigenvalue weighted by Gasteiger charge is -2.37. The van der Waals surface area contributed by atoms with Gasteiger partial charge < -0.3 is 30.2 Å². The molecule has 0 bridgehead atoms. The number of aliphatic carboxylic acids is 1. The first-order valence-corrected chi connectivity index (χ1v) is 18.2. The maximum atomic E-state index is 12.9. The first-order chi connectivity index (χ1) is 21.1. The number of carbonyl (C=O) groups is 4. The molecule has 13 heteroatoms. The minimum absolute atomic E-state index is 0.0621. The summed E-state index contributed by atoms with van der Waals surface area (Å²) in [6.45, 7) is 20.6. The molecule has 0 saturated carbocycles. The lowest BCUT2D eigenvalue weighted by atomic mass is 9.94. The molecule has 0 heterocycles. The topological polar surface area (TPSA) is 177 Å². The number of benzene rings is 1. The smallest absolute Gasteiger partial charge is 0.407 e. The SMILES string of the molecule is CCC(C)C[C@H](Cc1ccc(O[Si](C)(C)C(C)(C)C)c(NC(=O)CCCNC(=O)C#CC(=O)O)c1)NC(=O)OC(C)(C)C.O=C=O. The van der Waals surface area contributed by atoms with E-state index in [0.29, 0.717) is 30.2 Å². The molecule has 4 N–H and O–H groups in total. The van der Waals surface area contributed by atoms with E-state index in [-0.39, 0.29) is 36.1 Å². The van der Waals surface area contributed by atoms with E-state index >= 15 is 0 Å². The van der Waals surface area contributed by atoms with Crippen molar-refractivity contribution in [1.29, 1.82) is 0 Å². The molecule has 1 aromatic carbocycles. The van der Waals surface area contributed by atoms with Crippen LogP contribution in [0.4, 0.5) is 10.5 Å². The Bertz CT molecular complexity index is 1280. The van der Waals surface area contributed by atoms with Crippen LogP contribution in [0.5, 0.6) is 5.75 Å². The molecule has 0 fully saturated rings. The third kappa shape index (κ3) is 18.0. The molecule has 12 nitrogen and oxygen atoms in total. The highest BCUT2D eigenvalue weighted by Gasteiger charge is 2.39. The van der Waals surface area contributed by atoms with Gasteiger partial charge >= 0.3 is 18.2 Å². The van der Waals surface area contributed by atoms with Crippen LogP contribution in [0.3, 0.4) is 0 Å². The van der Waals surface area contributed by atoms with Crippen LogP contribution < -0.4 is 20.4 Å². The molecule has 2 atom stereocenters. The number of carboxylic acids is 1. The zero-order valence-corrected chi connectivity index (χ0v) is 29.8. The molecule has 0 saturated heterocycles. The highest BCUT2D eigenvalue weighted by molar-refractivity contribution is 6.74. The second-order valence-corrected chi connectivity index (χ2v) is 18.3. The number of anilines is 1. The number of alkyl carbamates (subject to hydrolysis) is 1. The van der Waals surface area contributed by atoms with E-state index in [4.69, 9.17) is 23.9 Å². The molecular weight excluding hydrogens is 610 g/mol. The van der Waals surface area contributed by atoms with Crippen LogP contribution in [0.25, 0.3) is 0 Å². The minimum Gasteiger partial charge on any atom is -0.542 e. The van der Waals surface area contributed by atoms with E-state index in [1.165, 1.54) is 0 Å². The summed E-state index contributed by atoms with van der Waals surface area (Å²) in [5.41, 5.74) is 0.856. The number of amides is 3. The number of nitrogens with one attached hydrogen (secondary N) is 3. The van der Waals surface area contributed by atoms with Crippen LogP contribution in [0.2, 0.25) is 18.1 Å². The van der Waals surface area contributed by atoms with Gasteiger partial charge in [0, 0.05) is 30.8 Å². The zero-order valence-electron chi connectivity index (χ0n) is 28.8. The summed E-state index contributed by atoms with van der Waals surface area (Å²) in [6, 6.07) is 5.56. The molecular formula is C33H51N3O9Si. The summed E-state index contributed by atoms with van der Waals surface area (Å²) in [4.78, 5) is 63.9. The Morgan fingerprint density at radius 3 is 2.15 bits per heavy atom. The number of carbonyl (C=O) groups excluding carboxylic acids is 5. The zero-order chi connectivity index (χ0) is 35.7. The highest BCUT2D eigenvalue weighted by atomic mass is 28.4. The molecule has 0 spiro atoms. The summed E-state index contributed by atoms with van der Waals surface area (Å²) >= 11 is 0. The third-order valence-corrected chi connectivity index (χ3v) is 11.6. The Kier molecular flexibility index (Phi) is 17.6. The van der Waals surface area contributed by atoms with Crippen LogP contribution in [-0.4, -0.2) is 61.6 Å². The predicted molar refractivity (Wildman–Crippen MR) is 176 cm³/mol. The van der Waals surface area contributed by atoms with Crippen molar-refractivity contribution >= 4 is 44.0 Å². The van der Waals surface area contributed by atoms with Crippen LogP contribution in [0.1, 0.15) is 86.6 Å². The number of ether oxygens (including phenoxy) is 1. The van der Waals surface area contributed by atoms with Crippen LogP contribution in [0, 0.1) is 17.8 Å². The Morgan fingerprint density at radius 1 is 1.02 bits per heavy atom. The Balaban J connectivity index is 0.00000647. The van der Waals surface area contributed by atoms with E-state index in [9.17, 15) is 19.2 Å². The van der Waals surface area contributed by atoms with E-state index in [0.717, 1.165) is 18.4 Å². The Morgan fingerprint density at radius 2 is 1.63 bits per heavy atom. The molecule has 256 valence electrons. The molecule has 1 unspecified atom stereocenters. The third-order valence-electron chi connectivity index (χ3n) is 7.23. The fourth-order valence-corrected chi connectivity index (χ4v) is 4.78. The van der Waals surface area contributed by atoms with Crippen molar-refractivity contribution in [2.24, 2.45) is 5.92 Å². The van der Waals surface area contributed by atoms with Crippen molar-refractivity contribution in [2.45, 2.75) is 117 Å². The van der Waals surface area contributed by atoms with E-state index < -0.39 is 31.9 Å². The summed E-state index contributed by atoms with van der Waals surface area (Å²) in [7, 11) is -2.24. The molecule has 1 rings (SSSR count). The molecule has 1 aromatic rings. The standard InChI is InChI=1S/C32H51N3O7Si.CO2/c1-11-22(2)19-24(34-30(40)41-31(3,4)5)20-23-14-15-26(42-43(9,10)32(6,7)8)25(21-23)35-28(37)13-12-18-33-27(36)16-17-29(38)39;2-1-3/h14-15,21-22,24H,11-13,18-20H2,1-10H3,(H,33,36)(H,34,40)(H,35,37)(H,38,39);/t22?,24-;/m1./s1. The van der Waals surface area contributed by atoms with Gasteiger partial charge in [0.05, 0.1) is 5.69 Å². The Hall–Kier alpha value is -4.14. The van der Waals surface area contributed by atoms with Gasteiger partial charge in [-0.3, -0.25) is 9.59 Å². The van der Waals surface area contributed by atoms with Crippen LogP contribution >= 0.6 is 0 Å². The molecule has 0 aliphatic rings. The number of rotatable bonds is 13.